The van der Waals surface area contributed by atoms with Gasteiger partial charge >= 0.3 is 0 Å². The van der Waals surface area contributed by atoms with Crippen LogP contribution in [-0.2, 0) is 0 Å². The van der Waals surface area contributed by atoms with Gasteiger partial charge in [-0.15, -0.1) is 0 Å². The molecule has 0 aliphatic carbocycles. The van der Waals surface area contributed by atoms with Crippen LogP contribution in [0.5, 0.6) is 5.75 Å². The van der Waals surface area contributed by atoms with Gasteiger partial charge in [0.05, 0.1) is 0 Å². The zero-order chi connectivity index (χ0) is 16.2. The van der Waals surface area contributed by atoms with E-state index in [1.54, 1.807) is 12.1 Å². The molecular weight excluding hydrogens is 246 g/mol. The molecule has 2 heteroatoms. The van der Waals surface area contributed by atoms with Crippen molar-refractivity contribution < 1.29 is 5.11 Å². The lowest BCUT2D eigenvalue weighted by Crippen LogP contribution is -1.69. The maximum Gasteiger partial charge on any atom is 0.115 e. The highest BCUT2D eigenvalue weighted by Gasteiger charge is 1.83. The normalized spacial score (nSPS) is 6.95. The molecule has 0 atom stereocenters. The molecule has 0 radical (unpaired) electrons. The number of benzene rings is 2. The fraction of sp³-hybridized carbons (Fsp3) is 0.333. The van der Waals surface area contributed by atoms with Crippen LogP contribution in [-0.4, -0.2) is 12.2 Å². The Kier molecular flexibility index (Phi) is 26.1. The Morgan fingerprint density at radius 2 is 1.05 bits per heavy atom. The van der Waals surface area contributed by atoms with Crippen molar-refractivity contribution in [3.8, 4) is 5.75 Å². The predicted molar refractivity (Wildman–Crippen MR) is 92.1 cm³/mol. The van der Waals surface area contributed by atoms with Gasteiger partial charge in [0, 0.05) is 0 Å². The van der Waals surface area contributed by atoms with E-state index in [1.165, 1.54) is 7.05 Å². The van der Waals surface area contributed by atoms with Crippen molar-refractivity contribution in [2.45, 2.75) is 34.6 Å². The second-order valence-corrected chi connectivity index (χ2v) is 2.99. The topological polar surface area (TPSA) is 46.2 Å². The average Bonchev–Trinajstić information content (AvgIpc) is 2.55. The van der Waals surface area contributed by atoms with Crippen molar-refractivity contribution in [3.63, 3.8) is 0 Å². The number of phenols is 1. The van der Waals surface area contributed by atoms with Crippen molar-refractivity contribution in [1.82, 2.24) is 0 Å². The third-order valence-electron chi connectivity index (χ3n) is 1.67. The Morgan fingerprint density at radius 1 is 0.700 bits per heavy atom. The van der Waals surface area contributed by atoms with E-state index in [4.69, 9.17) is 5.11 Å². The molecule has 0 aliphatic rings. The van der Waals surface area contributed by atoms with E-state index < -0.39 is 0 Å². The molecule has 0 saturated heterocycles. The van der Waals surface area contributed by atoms with Crippen molar-refractivity contribution in [1.29, 1.82) is 0 Å². The number of nitrogens with two attached hydrogens (primary N) is 1. The summed E-state index contributed by atoms with van der Waals surface area (Å²) in [6, 6.07) is 19.2. The third kappa shape index (κ3) is 18.6. The number of phenolic OH excluding ortho intramolecular Hbond substituents is 1. The molecule has 2 rings (SSSR count). The highest BCUT2D eigenvalue weighted by Crippen LogP contribution is 2.08. The number of hydrogen-bond acceptors (Lipinski definition) is 2. The molecule has 0 saturated carbocycles. The second kappa shape index (κ2) is 22.4. The fourth-order valence-corrected chi connectivity index (χ4v) is 1.01. The fourth-order valence-electron chi connectivity index (χ4n) is 1.01. The molecular formula is C18H31NO. The molecule has 0 spiro atoms. The van der Waals surface area contributed by atoms with Crippen molar-refractivity contribution in [2.75, 3.05) is 7.05 Å². The number of hydrogen-bond donors (Lipinski definition) is 2. The maximum absolute atomic E-state index is 8.81. The summed E-state index contributed by atoms with van der Waals surface area (Å²) in [5.74, 6) is 0.338. The SMILES string of the molecule is CC.CC.CN.Cc1cccc(O)c1.c1ccccc1. The summed E-state index contributed by atoms with van der Waals surface area (Å²) in [5, 5.41) is 8.81. The Bertz CT molecular complexity index is 317. The quantitative estimate of drug-likeness (QED) is 0.710. The number of aryl methyl sites for hydroxylation is 1. The van der Waals surface area contributed by atoms with Gasteiger partial charge in [-0.3, -0.25) is 0 Å². The number of rotatable bonds is 0. The van der Waals surface area contributed by atoms with Gasteiger partial charge in [-0.05, 0) is 31.7 Å². The summed E-state index contributed by atoms with van der Waals surface area (Å²) >= 11 is 0. The monoisotopic (exact) mass is 277 g/mol. The Balaban J connectivity index is -0.000000215. The molecule has 0 unspecified atom stereocenters. The zero-order valence-corrected chi connectivity index (χ0v) is 13.8. The van der Waals surface area contributed by atoms with Crippen LogP contribution in [0.1, 0.15) is 33.3 Å². The lowest BCUT2D eigenvalue weighted by molar-refractivity contribution is 0.475. The first kappa shape index (κ1) is 23.3. The van der Waals surface area contributed by atoms with Crippen LogP contribution in [0, 0.1) is 6.92 Å². The molecule has 2 aromatic rings. The van der Waals surface area contributed by atoms with Crippen LogP contribution < -0.4 is 5.73 Å². The molecule has 20 heavy (non-hydrogen) atoms. The van der Waals surface area contributed by atoms with Crippen molar-refractivity contribution in [2.24, 2.45) is 5.73 Å². The molecule has 0 bridgehead atoms. The lowest BCUT2D eigenvalue weighted by atomic mass is 10.2. The van der Waals surface area contributed by atoms with Crippen LogP contribution >= 0.6 is 0 Å². The second-order valence-electron chi connectivity index (χ2n) is 2.99. The van der Waals surface area contributed by atoms with Gasteiger partial charge in [0.2, 0.25) is 0 Å². The molecule has 0 aliphatic heterocycles. The summed E-state index contributed by atoms with van der Waals surface area (Å²) < 4.78 is 0. The molecule has 3 N–H and O–H groups in total. The summed E-state index contributed by atoms with van der Waals surface area (Å²) in [6.07, 6.45) is 0. The van der Waals surface area contributed by atoms with Crippen LogP contribution in [0.3, 0.4) is 0 Å². The van der Waals surface area contributed by atoms with Gasteiger partial charge < -0.3 is 10.8 Å². The summed E-state index contributed by atoms with van der Waals surface area (Å²) in [4.78, 5) is 0. The third-order valence-corrected chi connectivity index (χ3v) is 1.67. The highest BCUT2D eigenvalue weighted by atomic mass is 16.3. The van der Waals surface area contributed by atoms with Crippen molar-refractivity contribution in [3.05, 3.63) is 66.2 Å². The van der Waals surface area contributed by atoms with E-state index in [-0.39, 0.29) is 0 Å². The van der Waals surface area contributed by atoms with Crippen LogP contribution in [0.2, 0.25) is 0 Å². The number of aromatic hydroxyl groups is 1. The maximum atomic E-state index is 8.81. The van der Waals surface area contributed by atoms with E-state index in [2.05, 4.69) is 5.73 Å². The van der Waals surface area contributed by atoms with Gasteiger partial charge in [-0.2, -0.15) is 0 Å². The summed E-state index contributed by atoms with van der Waals surface area (Å²) in [5.41, 5.74) is 5.59. The van der Waals surface area contributed by atoms with E-state index in [9.17, 15) is 0 Å². The smallest absolute Gasteiger partial charge is 0.115 e. The van der Waals surface area contributed by atoms with E-state index >= 15 is 0 Å². The first-order valence-corrected chi connectivity index (χ1v) is 7.12. The minimum Gasteiger partial charge on any atom is -0.508 e. The Labute approximate surface area is 125 Å². The molecule has 2 aromatic carbocycles. The first-order chi connectivity index (χ1) is 9.79. The standard InChI is InChI=1S/C7H8O.C6H6.2C2H6.CH5N/c1-6-3-2-4-7(8)5-6;1-2-4-6-5-3-1;3*1-2/h2-5,8H,1H3;1-6H;2*1-2H3;2H2,1H3. The summed E-state index contributed by atoms with van der Waals surface area (Å²) in [6.45, 7) is 9.94. The lowest BCUT2D eigenvalue weighted by Gasteiger charge is -1.89. The van der Waals surface area contributed by atoms with Gasteiger partial charge in [-0.25, -0.2) is 0 Å². The molecule has 114 valence electrons. The molecule has 0 fully saturated rings. The van der Waals surface area contributed by atoms with E-state index in [0.29, 0.717) is 5.75 Å². The largest absolute Gasteiger partial charge is 0.508 e. The van der Waals surface area contributed by atoms with Gasteiger partial charge in [0.15, 0.2) is 0 Å². The zero-order valence-electron chi connectivity index (χ0n) is 13.8. The minimum absolute atomic E-state index is 0.338. The van der Waals surface area contributed by atoms with E-state index in [0.717, 1.165) is 5.56 Å². The summed E-state index contributed by atoms with van der Waals surface area (Å²) in [7, 11) is 1.50. The Hall–Kier alpha value is -1.80. The molecule has 2 nitrogen and oxygen atoms in total. The van der Waals surface area contributed by atoms with Gasteiger partial charge in [-0.1, -0.05) is 76.2 Å². The highest BCUT2D eigenvalue weighted by molar-refractivity contribution is 5.25. The first-order valence-electron chi connectivity index (χ1n) is 7.12. The minimum atomic E-state index is 0.338. The molecule has 0 aromatic heterocycles. The van der Waals surface area contributed by atoms with Gasteiger partial charge in [0.25, 0.3) is 0 Å². The van der Waals surface area contributed by atoms with E-state index in [1.807, 2.05) is 83.1 Å². The average molecular weight is 277 g/mol. The van der Waals surface area contributed by atoms with Crippen LogP contribution in [0.15, 0.2) is 60.7 Å². The van der Waals surface area contributed by atoms with Gasteiger partial charge in [0.1, 0.15) is 5.75 Å². The van der Waals surface area contributed by atoms with Crippen LogP contribution in [0.4, 0.5) is 0 Å². The van der Waals surface area contributed by atoms with Crippen LogP contribution in [0.25, 0.3) is 0 Å². The Morgan fingerprint density at radius 3 is 1.25 bits per heavy atom. The molecule has 0 amide bonds. The predicted octanol–water partition coefficient (Wildman–Crippen LogP) is 5.01. The molecule has 0 heterocycles. The van der Waals surface area contributed by atoms with Crippen molar-refractivity contribution >= 4 is 0 Å².